The molecule has 1 aromatic heterocycles. The van der Waals surface area contributed by atoms with E-state index in [-0.39, 0.29) is 12.5 Å². The third-order valence-corrected chi connectivity index (χ3v) is 5.00. The molecule has 6 heteroatoms. The number of hydrogen-bond donors (Lipinski definition) is 0. The second-order valence-corrected chi connectivity index (χ2v) is 8.85. The first-order chi connectivity index (χ1) is 14.2. The van der Waals surface area contributed by atoms with E-state index in [9.17, 15) is 9.59 Å². The van der Waals surface area contributed by atoms with Crippen LogP contribution in [0.3, 0.4) is 0 Å². The molecule has 0 saturated carbocycles. The van der Waals surface area contributed by atoms with Crippen LogP contribution in [0, 0.1) is 12.8 Å². The molecule has 0 unspecified atom stereocenters. The Morgan fingerprint density at radius 1 is 1.13 bits per heavy atom. The van der Waals surface area contributed by atoms with Crippen molar-refractivity contribution in [3.63, 3.8) is 0 Å². The molecule has 0 aliphatic carbocycles. The number of rotatable bonds is 5. The predicted octanol–water partition coefficient (Wildman–Crippen LogP) is 4.30. The maximum Gasteiger partial charge on any atom is 0.411 e. The zero-order valence-electron chi connectivity index (χ0n) is 18.1. The molecule has 1 aliphatic rings. The number of benzene rings is 1. The Balaban J connectivity index is 1.71. The van der Waals surface area contributed by atoms with Crippen molar-refractivity contribution >= 4 is 12.1 Å². The highest BCUT2D eigenvalue weighted by Gasteiger charge is 2.42. The molecule has 0 spiro atoms. The number of pyridine rings is 1. The molecular formula is C24H30N2O4. The summed E-state index contributed by atoms with van der Waals surface area (Å²) in [5, 5.41) is 0. The summed E-state index contributed by atoms with van der Waals surface area (Å²) >= 11 is 0. The summed E-state index contributed by atoms with van der Waals surface area (Å²) in [6.07, 6.45) is 2.63. The van der Waals surface area contributed by atoms with Crippen molar-refractivity contribution in [2.75, 3.05) is 6.54 Å². The normalized spacial score (nSPS) is 18.9. The van der Waals surface area contributed by atoms with Gasteiger partial charge in [-0.25, -0.2) is 9.59 Å². The van der Waals surface area contributed by atoms with Gasteiger partial charge in [0.25, 0.3) is 0 Å². The molecule has 6 nitrogen and oxygen atoms in total. The summed E-state index contributed by atoms with van der Waals surface area (Å²) < 4.78 is 11.1. The first-order valence-electron chi connectivity index (χ1n) is 10.3. The number of carbonyl (C=O) groups excluding carboxylic acids is 2. The molecule has 2 heterocycles. The van der Waals surface area contributed by atoms with E-state index >= 15 is 0 Å². The molecule has 2 aromatic rings. The smallest absolute Gasteiger partial charge is 0.411 e. The van der Waals surface area contributed by atoms with Gasteiger partial charge in [-0.05, 0) is 69.7 Å². The van der Waals surface area contributed by atoms with E-state index in [1.807, 2.05) is 70.2 Å². The lowest BCUT2D eigenvalue weighted by molar-refractivity contribution is -0.150. The van der Waals surface area contributed by atoms with E-state index in [0.29, 0.717) is 13.0 Å². The number of aryl methyl sites for hydroxylation is 1. The number of amides is 1. The van der Waals surface area contributed by atoms with E-state index in [2.05, 4.69) is 4.98 Å². The average molecular weight is 411 g/mol. The molecule has 1 aromatic carbocycles. The Morgan fingerprint density at radius 2 is 1.87 bits per heavy atom. The van der Waals surface area contributed by atoms with Gasteiger partial charge in [-0.2, -0.15) is 0 Å². The molecule has 1 saturated heterocycles. The highest BCUT2D eigenvalue weighted by atomic mass is 16.6. The van der Waals surface area contributed by atoms with Crippen molar-refractivity contribution < 1.29 is 19.1 Å². The fourth-order valence-corrected chi connectivity index (χ4v) is 3.71. The van der Waals surface area contributed by atoms with Crippen molar-refractivity contribution in [2.24, 2.45) is 5.92 Å². The predicted molar refractivity (Wildman–Crippen MR) is 114 cm³/mol. The van der Waals surface area contributed by atoms with Crippen LogP contribution in [0.2, 0.25) is 0 Å². The number of nitrogens with zero attached hydrogens (tertiary/aromatic N) is 2. The van der Waals surface area contributed by atoms with Gasteiger partial charge in [-0.1, -0.05) is 30.3 Å². The molecule has 0 N–H and O–H groups in total. The standard InChI is InChI=1S/C24H30N2O4/c1-17-12-19(10-11-25-17)13-20-14-21(26(15-20)23(28)30-24(2,3)4)22(27)29-16-18-8-6-5-7-9-18/h5-12,20-21H,13-16H2,1-4H3/t20-,21+/m0/s1. The van der Waals surface area contributed by atoms with Gasteiger partial charge in [0, 0.05) is 18.4 Å². The monoisotopic (exact) mass is 410 g/mol. The molecular weight excluding hydrogens is 380 g/mol. The Kier molecular flexibility index (Phi) is 6.75. The fourth-order valence-electron chi connectivity index (χ4n) is 3.71. The minimum atomic E-state index is -0.642. The van der Waals surface area contributed by atoms with Crippen molar-refractivity contribution in [2.45, 2.75) is 58.8 Å². The van der Waals surface area contributed by atoms with Gasteiger partial charge in [0.1, 0.15) is 18.2 Å². The van der Waals surface area contributed by atoms with Crippen LogP contribution in [0.4, 0.5) is 4.79 Å². The lowest BCUT2D eigenvalue weighted by Crippen LogP contribution is -2.44. The Labute approximate surface area is 178 Å². The molecule has 1 fully saturated rings. The van der Waals surface area contributed by atoms with Gasteiger partial charge >= 0.3 is 12.1 Å². The van der Waals surface area contributed by atoms with Crippen LogP contribution in [-0.4, -0.2) is 40.1 Å². The van der Waals surface area contributed by atoms with Crippen LogP contribution in [0.25, 0.3) is 0 Å². The van der Waals surface area contributed by atoms with Crippen LogP contribution in [-0.2, 0) is 27.3 Å². The first-order valence-corrected chi connectivity index (χ1v) is 10.3. The zero-order valence-corrected chi connectivity index (χ0v) is 18.1. The van der Waals surface area contributed by atoms with Gasteiger partial charge in [0.2, 0.25) is 0 Å². The Morgan fingerprint density at radius 3 is 2.53 bits per heavy atom. The van der Waals surface area contributed by atoms with Crippen LogP contribution < -0.4 is 0 Å². The quantitative estimate of drug-likeness (QED) is 0.688. The van der Waals surface area contributed by atoms with Gasteiger partial charge in [0.15, 0.2) is 0 Å². The first kappa shape index (κ1) is 21.8. The number of aromatic nitrogens is 1. The van der Waals surface area contributed by atoms with E-state index in [4.69, 9.17) is 9.47 Å². The summed E-state index contributed by atoms with van der Waals surface area (Å²) in [6, 6.07) is 12.9. The third kappa shape index (κ3) is 6.05. The average Bonchev–Trinajstić information content (AvgIpc) is 3.10. The van der Waals surface area contributed by atoms with Crippen LogP contribution in [0.5, 0.6) is 0 Å². The number of carbonyl (C=O) groups is 2. The van der Waals surface area contributed by atoms with E-state index in [0.717, 1.165) is 23.2 Å². The Bertz CT molecular complexity index is 876. The van der Waals surface area contributed by atoms with Crippen LogP contribution in [0.1, 0.15) is 44.0 Å². The summed E-state index contributed by atoms with van der Waals surface area (Å²) in [5.74, 6) is -0.244. The molecule has 1 aliphatic heterocycles. The lowest BCUT2D eigenvalue weighted by atomic mass is 9.97. The van der Waals surface area contributed by atoms with Crippen molar-refractivity contribution in [1.29, 1.82) is 0 Å². The molecule has 160 valence electrons. The molecule has 1 amide bonds. The molecule has 0 bridgehead atoms. The molecule has 3 rings (SSSR count). The van der Waals surface area contributed by atoms with Gasteiger partial charge < -0.3 is 9.47 Å². The van der Waals surface area contributed by atoms with Gasteiger partial charge in [0.05, 0.1) is 0 Å². The second-order valence-electron chi connectivity index (χ2n) is 8.85. The van der Waals surface area contributed by atoms with E-state index < -0.39 is 23.7 Å². The van der Waals surface area contributed by atoms with Crippen molar-refractivity contribution in [3.8, 4) is 0 Å². The maximum atomic E-state index is 12.9. The number of ether oxygens (including phenoxy) is 2. The lowest BCUT2D eigenvalue weighted by Gasteiger charge is -2.27. The van der Waals surface area contributed by atoms with Crippen LogP contribution >= 0.6 is 0 Å². The minimum Gasteiger partial charge on any atom is -0.459 e. The fraction of sp³-hybridized carbons (Fsp3) is 0.458. The van der Waals surface area contributed by atoms with Gasteiger partial charge in [-0.15, -0.1) is 0 Å². The molecule has 0 radical (unpaired) electrons. The summed E-state index contributed by atoms with van der Waals surface area (Å²) in [6.45, 7) is 8.06. The largest absolute Gasteiger partial charge is 0.459 e. The second kappa shape index (κ2) is 9.28. The SMILES string of the molecule is Cc1cc(C[C@H]2C[C@H](C(=O)OCc3ccccc3)N(C(=O)OC(C)(C)C)C2)ccn1. The number of likely N-dealkylation sites (tertiary alicyclic amines) is 1. The number of hydrogen-bond acceptors (Lipinski definition) is 5. The molecule has 30 heavy (non-hydrogen) atoms. The topological polar surface area (TPSA) is 68.7 Å². The van der Waals surface area contributed by atoms with E-state index in [1.165, 1.54) is 4.90 Å². The van der Waals surface area contributed by atoms with Crippen molar-refractivity contribution in [1.82, 2.24) is 9.88 Å². The summed E-state index contributed by atoms with van der Waals surface area (Å²) in [5.41, 5.74) is 2.38. The number of esters is 1. The van der Waals surface area contributed by atoms with E-state index in [1.54, 1.807) is 6.20 Å². The minimum absolute atomic E-state index is 0.147. The van der Waals surface area contributed by atoms with Crippen LogP contribution in [0.15, 0.2) is 48.7 Å². The highest BCUT2D eigenvalue weighted by Crippen LogP contribution is 2.29. The highest BCUT2D eigenvalue weighted by molar-refractivity contribution is 5.82. The summed E-state index contributed by atoms with van der Waals surface area (Å²) in [4.78, 5) is 31.4. The maximum absolute atomic E-state index is 12.9. The van der Waals surface area contributed by atoms with Gasteiger partial charge in [-0.3, -0.25) is 9.88 Å². The molecule has 2 atom stereocenters. The third-order valence-electron chi connectivity index (χ3n) is 5.00. The Hall–Kier alpha value is -2.89. The zero-order chi connectivity index (χ0) is 21.7. The summed E-state index contributed by atoms with van der Waals surface area (Å²) in [7, 11) is 0. The van der Waals surface area contributed by atoms with Crippen molar-refractivity contribution in [3.05, 3.63) is 65.5 Å².